The maximum atomic E-state index is 11.8. The maximum Gasteiger partial charge on any atom is 0.249 e. The van der Waals surface area contributed by atoms with Crippen LogP contribution >= 0.6 is 0 Å². The molecule has 1 heterocycles. The number of amides is 1. The summed E-state index contributed by atoms with van der Waals surface area (Å²) in [4.78, 5) is 11.8. The number of carbonyl (C=O) groups excluding carboxylic acids is 1. The van der Waals surface area contributed by atoms with Gasteiger partial charge in [0.05, 0.1) is 11.3 Å². The first kappa shape index (κ1) is 14.8. The molecule has 0 saturated heterocycles. The number of nitrogens with zero attached hydrogens (tertiary/aromatic N) is 2. The second-order valence-corrected chi connectivity index (χ2v) is 5.22. The minimum absolute atomic E-state index is 0.397. The van der Waals surface area contributed by atoms with Gasteiger partial charge < -0.3 is 10.5 Å². The molecular formula is C18H17N3O2. The Morgan fingerprint density at radius 1 is 1.17 bits per heavy atom. The average molecular weight is 307 g/mol. The van der Waals surface area contributed by atoms with E-state index in [9.17, 15) is 4.79 Å². The number of ether oxygens (including phenoxy) is 1. The number of primary amides is 1. The fraction of sp³-hybridized carbons (Fsp3) is 0.111. The quantitative estimate of drug-likeness (QED) is 0.788. The summed E-state index contributed by atoms with van der Waals surface area (Å²) >= 11 is 0. The van der Waals surface area contributed by atoms with Gasteiger partial charge in [0.25, 0.3) is 0 Å². The Morgan fingerprint density at radius 3 is 2.61 bits per heavy atom. The highest BCUT2D eigenvalue weighted by atomic mass is 16.5. The van der Waals surface area contributed by atoms with Crippen LogP contribution in [0.5, 0.6) is 5.75 Å². The Kier molecular flexibility index (Phi) is 4.10. The maximum absolute atomic E-state index is 11.8. The normalized spacial score (nSPS) is 10.5. The molecule has 0 fully saturated rings. The van der Waals surface area contributed by atoms with Gasteiger partial charge in [0.15, 0.2) is 0 Å². The molecule has 0 unspecified atom stereocenters. The van der Waals surface area contributed by atoms with Crippen LogP contribution in [0.2, 0.25) is 0 Å². The number of aromatic nitrogens is 2. The molecular weight excluding hydrogens is 290 g/mol. The lowest BCUT2D eigenvalue weighted by molar-refractivity contribution is 0.100. The Bertz CT molecular complexity index is 825. The number of benzene rings is 2. The molecule has 23 heavy (non-hydrogen) atoms. The number of carbonyl (C=O) groups is 1. The Labute approximate surface area is 134 Å². The molecule has 116 valence electrons. The van der Waals surface area contributed by atoms with Crippen molar-refractivity contribution in [1.82, 2.24) is 9.78 Å². The summed E-state index contributed by atoms with van der Waals surface area (Å²) in [7, 11) is 1.82. The van der Waals surface area contributed by atoms with Crippen molar-refractivity contribution in [2.45, 2.75) is 6.61 Å². The van der Waals surface area contributed by atoms with E-state index >= 15 is 0 Å². The summed E-state index contributed by atoms with van der Waals surface area (Å²) < 4.78 is 7.43. The molecule has 0 bridgehead atoms. The SMILES string of the molecule is Cn1ccc(-c2ccc(OCc3ccccc3)cc2C(N)=O)n1. The third kappa shape index (κ3) is 3.40. The Morgan fingerprint density at radius 2 is 1.96 bits per heavy atom. The first-order valence-corrected chi connectivity index (χ1v) is 7.24. The van der Waals surface area contributed by atoms with Crippen molar-refractivity contribution in [3.05, 3.63) is 71.9 Å². The van der Waals surface area contributed by atoms with Crippen LogP contribution in [0.25, 0.3) is 11.3 Å². The van der Waals surface area contributed by atoms with E-state index in [0.717, 1.165) is 5.56 Å². The Balaban J connectivity index is 1.86. The van der Waals surface area contributed by atoms with E-state index in [1.165, 1.54) is 0 Å². The van der Waals surface area contributed by atoms with E-state index in [4.69, 9.17) is 10.5 Å². The fourth-order valence-electron chi connectivity index (χ4n) is 2.34. The van der Waals surface area contributed by atoms with Gasteiger partial charge in [-0.25, -0.2) is 0 Å². The lowest BCUT2D eigenvalue weighted by atomic mass is 10.0. The van der Waals surface area contributed by atoms with Crippen LogP contribution in [-0.4, -0.2) is 15.7 Å². The zero-order valence-electron chi connectivity index (χ0n) is 12.8. The third-order valence-electron chi connectivity index (χ3n) is 3.49. The number of hydrogen-bond acceptors (Lipinski definition) is 3. The molecule has 0 spiro atoms. The van der Waals surface area contributed by atoms with Gasteiger partial charge in [-0.05, 0) is 29.8 Å². The number of nitrogens with two attached hydrogens (primary N) is 1. The van der Waals surface area contributed by atoms with Gasteiger partial charge in [0.2, 0.25) is 5.91 Å². The van der Waals surface area contributed by atoms with E-state index in [1.54, 1.807) is 10.7 Å². The highest BCUT2D eigenvalue weighted by Gasteiger charge is 2.13. The molecule has 3 rings (SSSR count). The monoisotopic (exact) mass is 307 g/mol. The van der Waals surface area contributed by atoms with Gasteiger partial charge in [-0.15, -0.1) is 0 Å². The van der Waals surface area contributed by atoms with E-state index in [-0.39, 0.29) is 0 Å². The van der Waals surface area contributed by atoms with Crippen LogP contribution < -0.4 is 10.5 Å². The summed E-state index contributed by atoms with van der Waals surface area (Å²) in [5.74, 6) is 0.0955. The Hall–Kier alpha value is -3.08. The molecule has 0 atom stereocenters. The second kappa shape index (κ2) is 6.36. The van der Waals surface area contributed by atoms with Crippen molar-refractivity contribution in [2.75, 3.05) is 0 Å². The minimum Gasteiger partial charge on any atom is -0.489 e. The molecule has 0 aliphatic rings. The van der Waals surface area contributed by atoms with Crippen LogP contribution in [0.15, 0.2) is 60.8 Å². The molecule has 1 amide bonds. The lowest BCUT2D eigenvalue weighted by Gasteiger charge is -2.10. The van der Waals surface area contributed by atoms with Crippen LogP contribution in [-0.2, 0) is 13.7 Å². The van der Waals surface area contributed by atoms with Crippen LogP contribution in [0.3, 0.4) is 0 Å². The van der Waals surface area contributed by atoms with Crippen molar-refractivity contribution in [2.24, 2.45) is 12.8 Å². The van der Waals surface area contributed by atoms with Crippen LogP contribution in [0.1, 0.15) is 15.9 Å². The summed E-state index contributed by atoms with van der Waals surface area (Å²) in [6, 6.07) is 17.0. The molecule has 5 heteroatoms. The summed E-state index contributed by atoms with van der Waals surface area (Å²) in [5, 5.41) is 4.32. The van der Waals surface area contributed by atoms with Crippen molar-refractivity contribution < 1.29 is 9.53 Å². The van der Waals surface area contributed by atoms with E-state index < -0.39 is 5.91 Å². The number of rotatable bonds is 5. The summed E-state index contributed by atoms with van der Waals surface area (Å²) in [6.45, 7) is 0.433. The summed E-state index contributed by atoms with van der Waals surface area (Å²) in [5.41, 5.74) is 8.36. The summed E-state index contributed by atoms with van der Waals surface area (Å²) in [6.07, 6.45) is 1.82. The average Bonchev–Trinajstić information content (AvgIpc) is 3.00. The van der Waals surface area contributed by atoms with Gasteiger partial charge >= 0.3 is 0 Å². The topological polar surface area (TPSA) is 70.1 Å². The standard InChI is InChI=1S/C18H17N3O2/c1-21-10-9-17(20-21)15-8-7-14(11-16(15)18(19)22)23-12-13-5-3-2-4-6-13/h2-11H,12H2,1H3,(H2,19,22). The van der Waals surface area contributed by atoms with Gasteiger partial charge in [-0.3, -0.25) is 9.48 Å². The van der Waals surface area contributed by atoms with Crippen molar-refractivity contribution in [3.8, 4) is 17.0 Å². The molecule has 2 N–H and O–H groups in total. The van der Waals surface area contributed by atoms with E-state index in [2.05, 4.69) is 5.10 Å². The number of aryl methyl sites for hydroxylation is 1. The lowest BCUT2D eigenvalue weighted by Crippen LogP contribution is -2.13. The minimum atomic E-state index is -0.504. The predicted octanol–water partition coefficient (Wildman–Crippen LogP) is 2.76. The zero-order chi connectivity index (χ0) is 16.2. The van der Waals surface area contributed by atoms with Gasteiger partial charge in [-0.1, -0.05) is 30.3 Å². The molecule has 0 saturated carbocycles. The van der Waals surface area contributed by atoms with Crippen LogP contribution in [0, 0.1) is 0 Å². The molecule has 0 radical (unpaired) electrons. The highest BCUT2D eigenvalue weighted by Crippen LogP contribution is 2.26. The van der Waals surface area contributed by atoms with E-state index in [1.807, 2.05) is 61.8 Å². The first-order valence-electron chi connectivity index (χ1n) is 7.24. The molecule has 3 aromatic rings. The first-order chi connectivity index (χ1) is 11.1. The fourth-order valence-corrected chi connectivity index (χ4v) is 2.34. The molecule has 2 aromatic carbocycles. The van der Waals surface area contributed by atoms with Crippen molar-refractivity contribution in [1.29, 1.82) is 0 Å². The zero-order valence-corrected chi connectivity index (χ0v) is 12.8. The second-order valence-electron chi connectivity index (χ2n) is 5.22. The third-order valence-corrected chi connectivity index (χ3v) is 3.49. The van der Waals surface area contributed by atoms with Crippen molar-refractivity contribution >= 4 is 5.91 Å². The molecule has 0 aliphatic carbocycles. The molecule has 5 nitrogen and oxygen atoms in total. The van der Waals surface area contributed by atoms with Gasteiger partial charge in [0.1, 0.15) is 12.4 Å². The smallest absolute Gasteiger partial charge is 0.249 e. The van der Waals surface area contributed by atoms with Crippen molar-refractivity contribution in [3.63, 3.8) is 0 Å². The number of hydrogen-bond donors (Lipinski definition) is 1. The molecule has 1 aromatic heterocycles. The largest absolute Gasteiger partial charge is 0.489 e. The van der Waals surface area contributed by atoms with Crippen LogP contribution in [0.4, 0.5) is 0 Å². The highest BCUT2D eigenvalue weighted by molar-refractivity contribution is 5.99. The van der Waals surface area contributed by atoms with E-state index in [0.29, 0.717) is 29.2 Å². The predicted molar refractivity (Wildman–Crippen MR) is 87.9 cm³/mol. The molecule has 0 aliphatic heterocycles. The van der Waals surface area contributed by atoms with Gasteiger partial charge in [0, 0.05) is 18.8 Å². The van der Waals surface area contributed by atoms with Gasteiger partial charge in [-0.2, -0.15) is 5.10 Å².